The Hall–Kier alpha value is -0.320. The predicted octanol–water partition coefficient (Wildman–Crippen LogP) is 2.77. The minimum absolute atomic E-state index is 0.355. The zero-order chi connectivity index (χ0) is 10.6. The summed E-state index contributed by atoms with van der Waals surface area (Å²) in [7, 11) is 0. The van der Waals surface area contributed by atoms with Crippen molar-refractivity contribution in [1.82, 2.24) is 10.6 Å². The van der Waals surface area contributed by atoms with Crippen molar-refractivity contribution in [2.45, 2.75) is 26.4 Å². The highest BCUT2D eigenvalue weighted by atomic mass is 35.5. The number of nitrogens with one attached hydrogen (secondary N) is 2. The van der Waals surface area contributed by atoms with Gasteiger partial charge in [0.1, 0.15) is 0 Å². The molecule has 0 saturated carbocycles. The van der Waals surface area contributed by atoms with Gasteiger partial charge in [-0.25, -0.2) is 0 Å². The monoisotopic (exact) mass is 248 g/mol. The highest BCUT2D eigenvalue weighted by molar-refractivity contribution is 7.80. The SMILES string of the molecule is CC(C)NC(=S)NCc1ccsc1Cl. The molecule has 2 nitrogen and oxygen atoms in total. The van der Waals surface area contributed by atoms with Crippen molar-refractivity contribution >= 4 is 40.3 Å². The summed E-state index contributed by atoms with van der Waals surface area (Å²) in [4.78, 5) is 0. The first-order chi connectivity index (χ1) is 6.59. The van der Waals surface area contributed by atoms with Crippen LogP contribution in [0, 0.1) is 0 Å². The van der Waals surface area contributed by atoms with Crippen LogP contribution in [0.5, 0.6) is 0 Å². The lowest BCUT2D eigenvalue weighted by Gasteiger charge is -2.12. The first-order valence-electron chi connectivity index (χ1n) is 4.36. The van der Waals surface area contributed by atoms with Crippen molar-refractivity contribution in [1.29, 1.82) is 0 Å². The maximum Gasteiger partial charge on any atom is 0.166 e. The standard InChI is InChI=1S/C9H13ClN2S2/c1-6(2)12-9(13)11-5-7-3-4-14-8(7)10/h3-4,6H,5H2,1-2H3,(H2,11,12,13). The molecule has 0 spiro atoms. The van der Waals surface area contributed by atoms with Crippen molar-refractivity contribution in [3.8, 4) is 0 Å². The fourth-order valence-electron chi connectivity index (χ4n) is 0.934. The second-order valence-electron chi connectivity index (χ2n) is 3.20. The average molecular weight is 249 g/mol. The van der Waals surface area contributed by atoms with Crippen LogP contribution in [-0.2, 0) is 6.54 Å². The Bertz CT molecular complexity index is 310. The molecule has 0 amide bonds. The maximum absolute atomic E-state index is 5.94. The van der Waals surface area contributed by atoms with E-state index < -0.39 is 0 Å². The predicted molar refractivity (Wildman–Crippen MR) is 67.0 cm³/mol. The Morgan fingerprint density at radius 2 is 2.36 bits per heavy atom. The van der Waals surface area contributed by atoms with Crippen molar-refractivity contribution in [3.63, 3.8) is 0 Å². The van der Waals surface area contributed by atoms with Crippen molar-refractivity contribution in [2.75, 3.05) is 0 Å². The van der Waals surface area contributed by atoms with Gasteiger partial charge in [-0.2, -0.15) is 0 Å². The van der Waals surface area contributed by atoms with Crippen LogP contribution in [0.15, 0.2) is 11.4 Å². The Kier molecular flexibility index (Phi) is 4.65. The van der Waals surface area contributed by atoms with Gasteiger partial charge in [-0.05, 0) is 37.5 Å². The summed E-state index contributed by atoms with van der Waals surface area (Å²) in [6.07, 6.45) is 0. The van der Waals surface area contributed by atoms with E-state index in [2.05, 4.69) is 10.6 Å². The highest BCUT2D eigenvalue weighted by Crippen LogP contribution is 2.22. The van der Waals surface area contributed by atoms with Gasteiger partial charge in [0.15, 0.2) is 5.11 Å². The van der Waals surface area contributed by atoms with Crippen LogP contribution in [-0.4, -0.2) is 11.2 Å². The van der Waals surface area contributed by atoms with Gasteiger partial charge in [-0.1, -0.05) is 11.6 Å². The van der Waals surface area contributed by atoms with Crippen LogP contribution in [0.1, 0.15) is 19.4 Å². The Morgan fingerprint density at radius 1 is 1.64 bits per heavy atom. The van der Waals surface area contributed by atoms with Gasteiger partial charge >= 0.3 is 0 Å². The molecule has 0 aliphatic carbocycles. The molecule has 0 fully saturated rings. The minimum atomic E-state index is 0.355. The lowest BCUT2D eigenvalue weighted by molar-refractivity contribution is 0.712. The summed E-state index contributed by atoms with van der Waals surface area (Å²) in [5, 5.41) is 8.84. The number of rotatable bonds is 3. The van der Waals surface area contributed by atoms with Crippen LogP contribution in [0.25, 0.3) is 0 Å². The number of hydrogen-bond acceptors (Lipinski definition) is 2. The van der Waals surface area contributed by atoms with E-state index in [1.807, 2.05) is 25.3 Å². The third kappa shape index (κ3) is 3.82. The molecule has 0 atom stereocenters. The van der Waals surface area contributed by atoms with E-state index in [1.54, 1.807) is 0 Å². The number of halogens is 1. The normalized spacial score (nSPS) is 10.3. The summed E-state index contributed by atoms with van der Waals surface area (Å²) >= 11 is 12.6. The van der Waals surface area contributed by atoms with Crippen LogP contribution < -0.4 is 10.6 Å². The van der Waals surface area contributed by atoms with Crippen molar-refractivity contribution in [2.24, 2.45) is 0 Å². The minimum Gasteiger partial charge on any atom is -0.361 e. The lowest BCUT2D eigenvalue weighted by atomic mass is 10.3. The summed E-state index contributed by atoms with van der Waals surface area (Å²) in [5.74, 6) is 0. The molecule has 0 aliphatic rings. The van der Waals surface area contributed by atoms with E-state index in [4.69, 9.17) is 23.8 Å². The molecule has 2 N–H and O–H groups in total. The molecule has 0 radical (unpaired) electrons. The second kappa shape index (κ2) is 5.53. The van der Waals surface area contributed by atoms with Gasteiger partial charge in [-0.3, -0.25) is 0 Å². The zero-order valence-corrected chi connectivity index (χ0v) is 10.5. The van der Waals surface area contributed by atoms with E-state index in [1.165, 1.54) is 11.3 Å². The summed E-state index contributed by atoms with van der Waals surface area (Å²) < 4.78 is 0.824. The van der Waals surface area contributed by atoms with E-state index in [0.29, 0.717) is 17.7 Å². The van der Waals surface area contributed by atoms with Crippen molar-refractivity contribution < 1.29 is 0 Å². The molecule has 1 heterocycles. The highest BCUT2D eigenvalue weighted by Gasteiger charge is 2.02. The van der Waals surface area contributed by atoms with Crippen LogP contribution in [0.3, 0.4) is 0 Å². The largest absolute Gasteiger partial charge is 0.361 e. The third-order valence-corrected chi connectivity index (χ3v) is 3.07. The number of thiocarbonyl (C=S) groups is 1. The molecule has 1 aromatic heterocycles. The molecule has 0 saturated heterocycles. The summed E-state index contributed by atoms with van der Waals surface area (Å²) in [6, 6.07) is 2.35. The lowest BCUT2D eigenvalue weighted by Crippen LogP contribution is -2.38. The number of thiophene rings is 1. The Balaban J connectivity index is 2.34. The zero-order valence-electron chi connectivity index (χ0n) is 8.13. The fraction of sp³-hybridized carbons (Fsp3) is 0.444. The van der Waals surface area contributed by atoms with Gasteiger partial charge in [0.25, 0.3) is 0 Å². The maximum atomic E-state index is 5.94. The topological polar surface area (TPSA) is 24.1 Å². The molecule has 5 heteroatoms. The molecule has 1 rings (SSSR count). The third-order valence-electron chi connectivity index (χ3n) is 1.55. The van der Waals surface area contributed by atoms with E-state index in [9.17, 15) is 0 Å². The van der Waals surface area contributed by atoms with Crippen LogP contribution in [0.4, 0.5) is 0 Å². The number of hydrogen-bond donors (Lipinski definition) is 2. The smallest absolute Gasteiger partial charge is 0.166 e. The van der Waals surface area contributed by atoms with Crippen molar-refractivity contribution in [3.05, 3.63) is 21.3 Å². The molecule has 14 heavy (non-hydrogen) atoms. The fourth-order valence-corrected chi connectivity index (χ4v) is 2.17. The van der Waals surface area contributed by atoms with Gasteiger partial charge in [0.05, 0.1) is 4.34 Å². The van der Waals surface area contributed by atoms with Gasteiger partial charge in [0, 0.05) is 18.2 Å². The molecule has 0 bridgehead atoms. The molecular formula is C9H13ClN2S2. The molecule has 78 valence electrons. The Morgan fingerprint density at radius 3 is 2.86 bits per heavy atom. The van der Waals surface area contributed by atoms with E-state index >= 15 is 0 Å². The van der Waals surface area contributed by atoms with Gasteiger partial charge in [-0.15, -0.1) is 11.3 Å². The molecule has 1 aromatic rings. The first kappa shape index (κ1) is 11.8. The van der Waals surface area contributed by atoms with Crippen LogP contribution in [0.2, 0.25) is 4.34 Å². The molecule has 0 unspecified atom stereocenters. The van der Waals surface area contributed by atoms with E-state index in [0.717, 1.165) is 9.90 Å². The average Bonchev–Trinajstić information content (AvgIpc) is 2.46. The quantitative estimate of drug-likeness (QED) is 0.805. The first-order valence-corrected chi connectivity index (χ1v) is 6.02. The van der Waals surface area contributed by atoms with Gasteiger partial charge in [0.2, 0.25) is 0 Å². The summed E-state index contributed by atoms with van der Waals surface area (Å²) in [6.45, 7) is 4.78. The Labute approximate surface area is 98.7 Å². The van der Waals surface area contributed by atoms with Gasteiger partial charge < -0.3 is 10.6 Å². The summed E-state index contributed by atoms with van der Waals surface area (Å²) in [5.41, 5.74) is 1.09. The van der Waals surface area contributed by atoms with E-state index in [-0.39, 0.29) is 0 Å². The molecule has 0 aromatic carbocycles. The van der Waals surface area contributed by atoms with Crippen LogP contribution >= 0.6 is 35.2 Å². The molecule has 0 aliphatic heterocycles. The second-order valence-corrected chi connectivity index (χ2v) is 5.13. The molecular weight excluding hydrogens is 236 g/mol.